The highest BCUT2D eigenvalue weighted by Crippen LogP contribution is 2.40. The normalized spacial score (nSPS) is 15.5. The first-order chi connectivity index (χ1) is 7.38. The Morgan fingerprint density at radius 1 is 1.27 bits per heavy atom. The molecular weight excluding hydrogens is 186 g/mol. The summed E-state index contributed by atoms with van der Waals surface area (Å²) in [5, 5.41) is 2.30. The van der Waals surface area contributed by atoms with Crippen LogP contribution >= 0.6 is 0 Å². The van der Waals surface area contributed by atoms with Gasteiger partial charge in [-0.05, 0) is 24.3 Å². The van der Waals surface area contributed by atoms with Gasteiger partial charge >= 0.3 is 0 Å². The average molecular weight is 199 g/mol. The average Bonchev–Trinajstić information content (AvgIpc) is 3.11. The molecule has 1 saturated carbocycles. The fourth-order valence-electron chi connectivity index (χ4n) is 1.92. The van der Waals surface area contributed by atoms with Crippen molar-refractivity contribution in [3.8, 4) is 0 Å². The van der Waals surface area contributed by atoms with Gasteiger partial charge < -0.3 is 5.43 Å². The maximum atomic E-state index is 5.49. The monoisotopic (exact) mass is 199 g/mol. The van der Waals surface area contributed by atoms with Gasteiger partial charge in [0, 0.05) is 17.0 Å². The molecule has 1 aliphatic rings. The van der Waals surface area contributed by atoms with E-state index in [1.54, 1.807) is 0 Å². The first kappa shape index (κ1) is 8.68. The Bertz CT molecular complexity index is 503. The molecule has 0 saturated heterocycles. The smallest absolute Gasteiger partial charge is 0.148 e. The number of pyridine rings is 1. The van der Waals surface area contributed by atoms with Gasteiger partial charge in [-0.25, -0.2) is 10.8 Å². The number of nitrogens with zero attached hydrogens (tertiary/aromatic N) is 1. The van der Waals surface area contributed by atoms with Crippen LogP contribution < -0.4 is 11.3 Å². The summed E-state index contributed by atoms with van der Waals surface area (Å²) in [6.07, 6.45) is 2.52. The Hall–Kier alpha value is -1.61. The van der Waals surface area contributed by atoms with E-state index in [4.69, 9.17) is 5.84 Å². The van der Waals surface area contributed by atoms with E-state index >= 15 is 0 Å². The summed E-state index contributed by atoms with van der Waals surface area (Å²) in [4.78, 5) is 4.55. The van der Waals surface area contributed by atoms with E-state index in [1.807, 2.05) is 18.2 Å². The first-order valence-corrected chi connectivity index (χ1v) is 5.25. The summed E-state index contributed by atoms with van der Waals surface area (Å²) >= 11 is 0. The van der Waals surface area contributed by atoms with E-state index in [1.165, 1.54) is 23.9 Å². The predicted molar refractivity (Wildman–Crippen MR) is 61.5 cm³/mol. The number of aromatic nitrogens is 1. The van der Waals surface area contributed by atoms with E-state index in [2.05, 4.69) is 22.5 Å². The number of rotatable bonds is 2. The molecule has 2 aromatic rings. The van der Waals surface area contributed by atoms with E-state index in [-0.39, 0.29) is 0 Å². The van der Waals surface area contributed by atoms with Gasteiger partial charge in [0.05, 0.1) is 0 Å². The fraction of sp³-hybridized carbons (Fsp3) is 0.250. The van der Waals surface area contributed by atoms with Crippen molar-refractivity contribution < 1.29 is 0 Å². The first-order valence-electron chi connectivity index (χ1n) is 5.25. The second-order valence-electron chi connectivity index (χ2n) is 4.04. The van der Waals surface area contributed by atoms with Gasteiger partial charge in [-0.2, -0.15) is 0 Å². The van der Waals surface area contributed by atoms with Crippen LogP contribution in [0, 0.1) is 0 Å². The van der Waals surface area contributed by atoms with Crippen LogP contribution in [0.4, 0.5) is 5.82 Å². The second-order valence-corrected chi connectivity index (χ2v) is 4.04. The third-order valence-electron chi connectivity index (χ3n) is 2.89. The Morgan fingerprint density at radius 3 is 2.80 bits per heavy atom. The summed E-state index contributed by atoms with van der Waals surface area (Å²) in [7, 11) is 0. The topological polar surface area (TPSA) is 50.9 Å². The molecule has 0 spiro atoms. The third-order valence-corrected chi connectivity index (χ3v) is 2.89. The van der Waals surface area contributed by atoms with E-state index in [0.717, 1.165) is 11.2 Å². The molecule has 1 fully saturated rings. The molecule has 0 unspecified atom stereocenters. The number of nitrogens with one attached hydrogen (secondary N) is 1. The number of hydrogen-bond donors (Lipinski definition) is 2. The molecule has 0 bridgehead atoms. The molecule has 1 aromatic heterocycles. The van der Waals surface area contributed by atoms with Crippen molar-refractivity contribution in [3.63, 3.8) is 0 Å². The lowest BCUT2D eigenvalue weighted by Crippen LogP contribution is -2.09. The zero-order chi connectivity index (χ0) is 10.3. The van der Waals surface area contributed by atoms with Gasteiger partial charge in [0.1, 0.15) is 5.82 Å². The molecule has 0 radical (unpaired) electrons. The Balaban J connectivity index is 2.25. The lowest BCUT2D eigenvalue weighted by Gasteiger charge is -2.07. The van der Waals surface area contributed by atoms with Crippen LogP contribution in [0.2, 0.25) is 0 Å². The molecule has 1 heterocycles. The summed E-state index contributed by atoms with van der Waals surface area (Å²) in [5.41, 5.74) is 3.85. The number of anilines is 1. The summed E-state index contributed by atoms with van der Waals surface area (Å²) in [6, 6.07) is 10.4. The van der Waals surface area contributed by atoms with Gasteiger partial charge in [-0.3, -0.25) is 0 Å². The van der Waals surface area contributed by atoms with Gasteiger partial charge in [0.15, 0.2) is 0 Å². The Kier molecular flexibility index (Phi) is 1.86. The maximum absolute atomic E-state index is 5.49. The molecular formula is C12H13N3. The van der Waals surface area contributed by atoms with Crippen molar-refractivity contribution in [2.24, 2.45) is 5.84 Å². The van der Waals surface area contributed by atoms with E-state index in [0.29, 0.717) is 5.92 Å². The second kappa shape index (κ2) is 3.21. The number of hydrazine groups is 1. The highest BCUT2D eigenvalue weighted by molar-refractivity contribution is 5.92. The fourth-order valence-corrected chi connectivity index (χ4v) is 1.92. The number of nitrogens with two attached hydrogens (primary N) is 1. The van der Waals surface area contributed by atoms with Crippen molar-refractivity contribution in [1.82, 2.24) is 4.98 Å². The SMILES string of the molecule is NNc1nc(C2CC2)cc2ccccc12. The molecule has 1 aliphatic carbocycles. The van der Waals surface area contributed by atoms with Crippen LogP contribution in [-0.2, 0) is 0 Å². The zero-order valence-corrected chi connectivity index (χ0v) is 8.40. The van der Waals surface area contributed by atoms with Crippen LogP contribution in [0.3, 0.4) is 0 Å². The van der Waals surface area contributed by atoms with E-state index < -0.39 is 0 Å². The highest BCUT2D eigenvalue weighted by Gasteiger charge is 2.25. The van der Waals surface area contributed by atoms with Crippen LogP contribution in [0.15, 0.2) is 30.3 Å². The third kappa shape index (κ3) is 1.45. The molecule has 0 aliphatic heterocycles. The quantitative estimate of drug-likeness (QED) is 0.576. The largest absolute Gasteiger partial charge is 0.308 e. The minimum absolute atomic E-state index is 0.654. The summed E-state index contributed by atoms with van der Waals surface area (Å²) < 4.78 is 0. The van der Waals surface area contributed by atoms with Gasteiger partial charge in [0.2, 0.25) is 0 Å². The van der Waals surface area contributed by atoms with Crippen LogP contribution in [-0.4, -0.2) is 4.98 Å². The lowest BCUT2D eigenvalue weighted by atomic mass is 10.1. The predicted octanol–water partition coefficient (Wildman–Crippen LogP) is 2.40. The van der Waals surface area contributed by atoms with Crippen molar-refractivity contribution in [2.75, 3.05) is 5.43 Å². The van der Waals surface area contributed by atoms with Crippen molar-refractivity contribution in [1.29, 1.82) is 0 Å². The molecule has 3 N–H and O–H groups in total. The standard InChI is InChI=1S/C12H13N3/c13-15-12-10-4-2-1-3-9(10)7-11(14-12)8-5-6-8/h1-4,7-8H,5-6,13H2,(H,14,15). The minimum atomic E-state index is 0.654. The van der Waals surface area contributed by atoms with Crippen LogP contribution in [0.5, 0.6) is 0 Å². The Morgan fingerprint density at radius 2 is 2.07 bits per heavy atom. The van der Waals surface area contributed by atoms with Gasteiger partial charge in [-0.1, -0.05) is 24.3 Å². The van der Waals surface area contributed by atoms with Gasteiger partial charge in [0.25, 0.3) is 0 Å². The van der Waals surface area contributed by atoms with Crippen LogP contribution in [0.25, 0.3) is 10.8 Å². The molecule has 76 valence electrons. The van der Waals surface area contributed by atoms with Crippen molar-refractivity contribution >= 4 is 16.6 Å². The molecule has 3 rings (SSSR count). The number of hydrogen-bond acceptors (Lipinski definition) is 3. The Labute approximate surface area is 88.3 Å². The molecule has 15 heavy (non-hydrogen) atoms. The summed E-state index contributed by atoms with van der Waals surface area (Å²) in [5.74, 6) is 6.93. The number of fused-ring (bicyclic) bond motifs is 1. The number of nitrogen functional groups attached to an aromatic ring is 1. The summed E-state index contributed by atoms with van der Waals surface area (Å²) in [6.45, 7) is 0. The molecule has 3 heteroatoms. The van der Waals surface area contributed by atoms with Crippen molar-refractivity contribution in [2.45, 2.75) is 18.8 Å². The molecule has 1 aromatic carbocycles. The van der Waals surface area contributed by atoms with Crippen LogP contribution in [0.1, 0.15) is 24.5 Å². The van der Waals surface area contributed by atoms with Gasteiger partial charge in [-0.15, -0.1) is 0 Å². The highest BCUT2D eigenvalue weighted by atomic mass is 15.2. The van der Waals surface area contributed by atoms with E-state index in [9.17, 15) is 0 Å². The molecule has 0 atom stereocenters. The lowest BCUT2D eigenvalue weighted by molar-refractivity contribution is 1.03. The molecule has 3 nitrogen and oxygen atoms in total. The number of benzene rings is 1. The minimum Gasteiger partial charge on any atom is -0.308 e. The molecule has 0 amide bonds. The maximum Gasteiger partial charge on any atom is 0.148 e. The zero-order valence-electron chi connectivity index (χ0n) is 8.40. The van der Waals surface area contributed by atoms with Crippen molar-refractivity contribution in [3.05, 3.63) is 36.0 Å².